The zero-order valence-electron chi connectivity index (χ0n) is 25.7. The molecule has 0 atom stereocenters. The lowest BCUT2D eigenvalue weighted by Crippen LogP contribution is -2.27. The van der Waals surface area contributed by atoms with Crippen LogP contribution in [0.1, 0.15) is 63.8 Å². The molecule has 0 fully saturated rings. The summed E-state index contributed by atoms with van der Waals surface area (Å²) in [5.74, 6) is -0.335. The molecule has 6 heteroatoms. The molecule has 0 aliphatic carbocycles. The Labute approximate surface area is 276 Å². The third-order valence-corrected chi connectivity index (χ3v) is 9.29. The molecule has 4 nitrogen and oxygen atoms in total. The van der Waals surface area contributed by atoms with Crippen molar-refractivity contribution in [1.82, 2.24) is 0 Å². The molecule has 2 aliphatic rings. The van der Waals surface area contributed by atoms with Gasteiger partial charge in [-0.1, -0.05) is 122 Å². The molecule has 2 heterocycles. The topological polar surface area (TPSA) is 40.6 Å². The minimum atomic E-state index is -0.167. The second-order valence-corrected chi connectivity index (χ2v) is 15.2. The minimum Gasteiger partial charge on any atom is -0.274 e. The maximum atomic E-state index is 14.7. The van der Waals surface area contributed by atoms with Crippen LogP contribution in [0.4, 0.5) is 11.4 Å². The van der Waals surface area contributed by atoms with E-state index in [0.717, 1.165) is 31.4 Å². The van der Waals surface area contributed by atoms with Gasteiger partial charge in [0.2, 0.25) is 0 Å². The summed E-state index contributed by atoms with van der Waals surface area (Å²) in [6.45, 7) is 13.0. The van der Waals surface area contributed by atoms with Crippen molar-refractivity contribution in [3.63, 3.8) is 0 Å². The number of carbonyl (C=O) groups is 2. The fourth-order valence-electron chi connectivity index (χ4n) is 5.77. The zero-order chi connectivity index (χ0) is 31.6. The van der Waals surface area contributed by atoms with E-state index in [-0.39, 0.29) is 22.6 Å². The van der Waals surface area contributed by atoms with Crippen LogP contribution in [0.5, 0.6) is 0 Å². The van der Waals surface area contributed by atoms with Gasteiger partial charge < -0.3 is 0 Å². The lowest BCUT2D eigenvalue weighted by Gasteiger charge is -2.23. The van der Waals surface area contributed by atoms with E-state index in [4.69, 9.17) is 0 Å². The summed E-state index contributed by atoms with van der Waals surface area (Å²) < 4.78 is 1.82. The molecule has 6 rings (SSSR count). The summed E-state index contributed by atoms with van der Waals surface area (Å²) in [5, 5.41) is 0. The summed E-state index contributed by atoms with van der Waals surface area (Å²) in [5.41, 5.74) is 7.37. The summed E-state index contributed by atoms with van der Waals surface area (Å²) >= 11 is 7.07. The molecule has 4 aromatic carbocycles. The predicted molar refractivity (Wildman–Crippen MR) is 187 cm³/mol. The summed E-state index contributed by atoms with van der Waals surface area (Å²) in [7, 11) is 0. The maximum Gasteiger partial charge on any atom is 0.265 e. The highest BCUT2D eigenvalue weighted by Gasteiger charge is 2.49. The van der Waals surface area contributed by atoms with Gasteiger partial charge in [0.1, 0.15) is 0 Å². The van der Waals surface area contributed by atoms with E-state index in [1.807, 2.05) is 72.8 Å². The molecule has 222 valence electrons. The smallest absolute Gasteiger partial charge is 0.265 e. The highest BCUT2D eigenvalue weighted by atomic mass is 79.9. The van der Waals surface area contributed by atoms with E-state index < -0.39 is 0 Å². The van der Waals surface area contributed by atoms with E-state index in [9.17, 15) is 9.59 Å². The van der Waals surface area contributed by atoms with Crippen molar-refractivity contribution in [1.29, 1.82) is 0 Å². The second kappa shape index (κ2) is 11.0. The molecule has 0 bridgehead atoms. The maximum absolute atomic E-state index is 14.7. The summed E-state index contributed by atoms with van der Waals surface area (Å²) in [6, 6.07) is 31.6. The fourth-order valence-corrected chi connectivity index (χ4v) is 6.30. The molecular weight excluding hydrogens is 676 g/mol. The average molecular weight is 711 g/mol. The van der Waals surface area contributed by atoms with Crippen molar-refractivity contribution in [2.24, 2.45) is 0 Å². The van der Waals surface area contributed by atoms with E-state index >= 15 is 0 Å². The predicted octanol–water partition coefficient (Wildman–Crippen LogP) is 10.0. The van der Waals surface area contributed by atoms with Gasteiger partial charge >= 0.3 is 0 Å². The number of benzene rings is 4. The molecule has 2 aliphatic heterocycles. The third kappa shape index (κ3) is 5.28. The molecule has 0 saturated heterocycles. The number of fused-ring (bicyclic) bond motifs is 1. The molecule has 0 N–H and O–H groups in total. The van der Waals surface area contributed by atoms with E-state index in [1.54, 1.807) is 9.80 Å². The minimum absolute atomic E-state index is 0.0409. The van der Waals surface area contributed by atoms with Crippen LogP contribution >= 0.6 is 31.9 Å². The highest BCUT2D eigenvalue weighted by molar-refractivity contribution is 9.10. The number of hydrogen-bond donors (Lipinski definition) is 0. The van der Waals surface area contributed by atoms with Crippen LogP contribution < -0.4 is 9.80 Å². The second-order valence-electron chi connectivity index (χ2n) is 13.3. The highest BCUT2D eigenvalue weighted by Crippen LogP contribution is 2.50. The van der Waals surface area contributed by atoms with Gasteiger partial charge in [0.05, 0.1) is 22.5 Å². The Kier molecular flexibility index (Phi) is 7.58. The first-order chi connectivity index (χ1) is 20.8. The largest absolute Gasteiger partial charge is 0.274 e. The van der Waals surface area contributed by atoms with Gasteiger partial charge in [-0.3, -0.25) is 19.4 Å². The average Bonchev–Trinajstić information content (AvgIpc) is 3.42. The standard InChI is InChI=1S/C38H34Br2N2O2/c1-37(2,3)25-11-19-29(20-12-25)41-33-31(23-7-15-27(39)16-8-23)36(44)42(30-21-13-26(14-22-30)38(4,5)6)34(33)32(35(41)43)24-9-17-28(40)18-10-24/h7-22H,1-6H3. The first kappa shape index (κ1) is 30.3. The van der Waals surface area contributed by atoms with Crippen molar-refractivity contribution in [3.8, 4) is 0 Å². The lowest BCUT2D eigenvalue weighted by atomic mass is 9.87. The van der Waals surface area contributed by atoms with E-state index in [0.29, 0.717) is 22.5 Å². The molecule has 0 aromatic heterocycles. The summed E-state index contributed by atoms with van der Waals surface area (Å²) in [6.07, 6.45) is 0. The van der Waals surface area contributed by atoms with Crippen LogP contribution in [0.3, 0.4) is 0 Å². The molecule has 0 unspecified atom stereocenters. The summed E-state index contributed by atoms with van der Waals surface area (Å²) in [4.78, 5) is 32.8. The van der Waals surface area contributed by atoms with Crippen molar-refractivity contribution in [3.05, 3.63) is 140 Å². The number of carbonyl (C=O) groups excluding carboxylic acids is 2. The molecular formula is C38H34Br2N2O2. The van der Waals surface area contributed by atoms with Gasteiger partial charge in [-0.25, -0.2) is 0 Å². The van der Waals surface area contributed by atoms with Gasteiger partial charge in [0, 0.05) is 20.3 Å². The number of rotatable bonds is 4. The molecule has 44 heavy (non-hydrogen) atoms. The zero-order valence-corrected chi connectivity index (χ0v) is 28.9. The normalized spacial score (nSPS) is 15.5. The van der Waals surface area contributed by atoms with Gasteiger partial charge in [0.15, 0.2) is 0 Å². The lowest BCUT2D eigenvalue weighted by molar-refractivity contribution is -0.112. The Morgan fingerprint density at radius 2 is 0.750 bits per heavy atom. The number of anilines is 2. The van der Waals surface area contributed by atoms with Crippen LogP contribution in [0.2, 0.25) is 0 Å². The number of hydrogen-bond acceptors (Lipinski definition) is 2. The number of halogens is 2. The van der Waals surface area contributed by atoms with Crippen molar-refractivity contribution < 1.29 is 9.59 Å². The Morgan fingerprint density at radius 3 is 1.02 bits per heavy atom. The SMILES string of the molecule is CC(C)(C)c1ccc(N2C(=O)C(c3ccc(Br)cc3)=C3C2=C(c2ccc(Br)cc2)C(=O)N3c2ccc(C(C)(C)C)cc2)cc1. The molecule has 0 radical (unpaired) electrons. The Balaban J connectivity index is 1.63. The fraction of sp³-hybridized carbons (Fsp3) is 0.211. The Hall–Kier alpha value is -3.74. The number of nitrogens with zero attached hydrogens (tertiary/aromatic N) is 2. The van der Waals surface area contributed by atoms with Crippen molar-refractivity contribution in [2.45, 2.75) is 52.4 Å². The van der Waals surface area contributed by atoms with E-state index in [1.165, 1.54) is 11.1 Å². The number of amides is 2. The van der Waals surface area contributed by atoms with Crippen molar-refractivity contribution in [2.75, 3.05) is 9.80 Å². The van der Waals surface area contributed by atoms with Crippen molar-refractivity contribution >= 4 is 66.2 Å². The monoisotopic (exact) mass is 708 g/mol. The molecule has 0 spiro atoms. The first-order valence-corrected chi connectivity index (χ1v) is 16.2. The first-order valence-electron chi connectivity index (χ1n) is 14.7. The van der Waals surface area contributed by atoms with Gasteiger partial charge in [-0.2, -0.15) is 0 Å². The molecule has 0 saturated carbocycles. The molecule has 2 amide bonds. The van der Waals surface area contributed by atoms with E-state index in [2.05, 4.69) is 97.7 Å². The quantitative estimate of drug-likeness (QED) is 0.212. The van der Waals surface area contributed by atoms with Gasteiger partial charge in [0.25, 0.3) is 11.8 Å². The Bertz CT molecular complexity index is 1700. The van der Waals surface area contributed by atoms with Crippen LogP contribution in [-0.2, 0) is 20.4 Å². The van der Waals surface area contributed by atoms with Crippen LogP contribution in [0, 0.1) is 0 Å². The third-order valence-electron chi connectivity index (χ3n) is 8.23. The molecule has 4 aromatic rings. The van der Waals surface area contributed by atoms with Crippen LogP contribution in [0.15, 0.2) is 117 Å². The van der Waals surface area contributed by atoms with Gasteiger partial charge in [-0.05, 0) is 81.6 Å². The Morgan fingerprint density at radius 1 is 0.455 bits per heavy atom. The van der Waals surface area contributed by atoms with Crippen LogP contribution in [-0.4, -0.2) is 11.8 Å². The van der Waals surface area contributed by atoms with Crippen LogP contribution in [0.25, 0.3) is 11.1 Å². The van der Waals surface area contributed by atoms with Gasteiger partial charge in [-0.15, -0.1) is 0 Å².